The zero-order valence-electron chi connectivity index (χ0n) is 6.64. The van der Waals surface area contributed by atoms with Gasteiger partial charge in [-0.3, -0.25) is 4.79 Å². The van der Waals surface area contributed by atoms with E-state index in [0.717, 1.165) is 0 Å². The minimum absolute atomic E-state index is 0.0316. The molecule has 0 amide bonds. The summed E-state index contributed by atoms with van der Waals surface area (Å²) < 4.78 is 52.4. The van der Waals surface area contributed by atoms with Crippen LogP contribution in [0.4, 0.5) is 17.6 Å². The van der Waals surface area contributed by atoms with Gasteiger partial charge in [-0.15, -0.1) is 0 Å². The summed E-state index contributed by atoms with van der Waals surface area (Å²) in [5.41, 5.74) is -0.595. The van der Waals surface area contributed by atoms with Crippen LogP contribution >= 0.6 is 0 Å². The van der Waals surface area contributed by atoms with E-state index >= 15 is 0 Å². The summed E-state index contributed by atoms with van der Waals surface area (Å²) in [6.45, 7) is -3.27. The van der Waals surface area contributed by atoms with Crippen molar-refractivity contribution in [3.8, 4) is 5.75 Å². The number of halogens is 4. The highest BCUT2D eigenvalue weighted by Crippen LogP contribution is 2.24. The van der Waals surface area contributed by atoms with Gasteiger partial charge in [-0.2, -0.15) is 8.78 Å². The van der Waals surface area contributed by atoms with E-state index in [4.69, 9.17) is 0 Å². The number of aldehydes is 1. The second kappa shape index (κ2) is 4.08. The summed E-state index contributed by atoms with van der Waals surface area (Å²) in [7, 11) is 0. The van der Waals surface area contributed by atoms with E-state index < -0.39 is 29.6 Å². The highest BCUT2D eigenvalue weighted by molar-refractivity contribution is 5.79. The van der Waals surface area contributed by atoms with Crippen LogP contribution < -0.4 is 4.74 Å². The Morgan fingerprint density at radius 2 is 1.93 bits per heavy atom. The minimum atomic E-state index is -3.27. The minimum Gasteiger partial charge on any atom is -0.431 e. The van der Waals surface area contributed by atoms with Gasteiger partial charge in [0.2, 0.25) is 0 Å². The van der Waals surface area contributed by atoms with Gasteiger partial charge in [0, 0.05) is 6.07 Å². The zero-order chi connectivity index (χ0) is 10.7. The topological polar surface area (TPSA) is 26.3 Å². The van der Waals surface area contributed by atoms with E-state index in [-0.39, 0.29) is 6.29 Å². The zero-order valence-corrected chi connectivity index (χ0v) is 6.64. The lowest BCUT2D eigenvalue weighted by Crippen LogP contribution is -2.06. The van der Waals surface area contributed by atoms with Crippen molar-refractivity contribution < 1.29 is 27.1 Å². The highest BCUT2D eigenvalue weighted by Gasteiger charge is 2.16. The highest BCUT2D eigenvalue weighted by atomic mass is 19.3. The standard InChI is InChI=1S/C8H4F4O2/c9-5-1-4(3-13)7(6(10)2-5)14-8(11)12/h1-3,8H. The van der Waals surface area contributed by atoms with E-state index in [1.807, 2.05) is 0 Å². The number of alkyl halides is 2. The van der Waals surface area contributed by atoms with Gasteiger partial charge in [-0.1, -0.05) is 0 Å². The van der Waals surface area contributed by atoms with Crippen LogP contribution in [0.3, 0.4) is 0 Å². The van der Waals surface area contributed by atoms with Crippen molar-refractivity contribution >= 4 is 6.29 Å². The van der Waals surface area contributed by atoms with Crippen LogP contribution in [-0.4, -0.2) is 12.9 Å². The molecule has 2 nitrogen and oxygen atoms in total. The van der Waals surface area contributed by atoms with Crippen LogP contribution in [0.15, 0.2) is 12.1 Å². The molecule has 0 atom stereocenters. The van der Waals surface area contributed by atoms with Crippen molar-refractivity contribution in [3.05, 3.63) is 29.3 Å². The molecule has 0 N–H and O–H groups in total. The molecule has 6 heteroatoms. The number of hydrogen-bond acceptors (Lipinski definition) is 2. The summed E-state index contributed by atoms with van der Waals surface area (Å²) >= 11 is 0. The maximum Gasteiger partial charge on any atom is 0.387 e. The third-order valence-corrected chi connectivity index (χ3v) is 1.37. The SMILES string of the molecule is O=Cc1cc(F)cc(F)c1OC(F)F. The van der Waals surface area contributed by atoms with Crippen molar-refractivity contribution in [2.45, 2.75) is 6.61 Å². The fourth-order valence-electron chi connectivity index (χ4n) is 0.881. The quantitative estimate of drug-likeness (QED) is 0.563. The van der Waals surface area contributed by atoms with E-state index in [9.17, 15) is 22.4 Å². The molecule has 0 bridgehead atoms. The second-order valence-corrected chi connectivity index (χ2v) is 2.30. The second-order valence-electron chi connectivity index (χ2n) is 2.30. The molecule has 1 aromatic carbocycles. The average Bonchev–Trinajstić information content (AvgIpc) is 2.08. The summed E-state index contributed by atoms with van der Waals surface area (Å²) in [5.74, 6) is -3.32. The Labute approximate surface area is 76.1 Å². The van der Waals surface area contributed by atoms with Gasteiger partial charge >= 0.3 is 6.61 Å². The molecule has 0 saturated carbocycles. The predicted molar refractivity (Wildman–Crippen MR) is 38.4 cm³/mol. The fourth-order valence-corrected chi connectivity index (χ4v) is 0.881. The molecule has 0 radical (unpaired) electrons. The Morgan fingerprint density at radius 3 is 2.43 bits per heavy atom. The van der Waals surface area contributed by atoms with Crippen molar-refractivity contribution in [1.82, 2.24) is 0 Å². The molecule has 0 aliphatic carbocycles. The molecule has 0 spiro atoms. The van der Waals surface area contributed by atoms with E-state index in [0.29, 0.717) is 12.1 Å². The van der Waals surface area contributed by atoms with E-state index in [2.05, 4.69) is 4.74 Å². The lowest BCUT2D eigenvalue weighted by Gasteiger charge is -2.07. The molecular weight excluding hydrogens is 204 g/mol. The first-order chi connectivity index (χ1) is 6.54. The number of carbonyl (C=O) groups excluding carboxylic acids is 1. The monoisotopic (exact) mass is 208 g/mol. The molecule has 0 unspecified atom stereocenters. The van der Waals surface area contributed by atoms with Gasteiger partial charge in [-0.25, -0.2) is 8.78 Å². The van der Waals surface area contributed by atoms with Crippen LogP contribution in [0.1, 0.15) is 10.4 Å². The van der Waals surface area contributed by atoms with Crippen molar-refractivity contribution in [2.24, 2.45) is 0 Å². The van der Waals surface area contributed by atoms with Gasteiger partial charge < -0.3 is 4.74 Å². The predicted octanol–water partition coefficient (Wildman–Crippen LogP) is 2.38. The Hall–Kier alpha value is -1.59. The molecular formula is C8H4F4O2. The Balaban J connectivity index is 3.18. The molecule has 0 aliphatic rings. The van der Waals surface area contributed by atoms with Crippen molar-refractivity contribution in [2.75, 3.05) is 0 Å². The number of rotatable bonds is 3. The lowest BCUT2D eigenvalue weighted by atomic mass is 10.2. The van der Waals surface area contributed by atoms with Gasteiger partial charge in [-0.05, 0) is 6.07 Å². The summed E-state index contributed by atoms with van der Waals surface area (Å²) in [6.07, 6.45) is 0.0316. The van der Waals surface area contributed by atoms with Crippen molar-refractivity contribution in [1.29, 1.82) is 0 Å². The van der Waals surface area contributed by atoms with E-state index in [1.54, 1.807) is 0 Å². The van der Waals surface area contributed by atoms with Gasteiger partial charge in [0.15, 0.2) is 17.9 Å². The number of ether oxygens (including phenoxy) is 1. The first-order valence-corrected chi connectivity index (χ1v) is 3.43. The summed E-state index contributed by atoms with van der Waals surface area (Å²) in [5, 5.41) is 0. The Morgan fingerprint density at radius 1 is 1.29 bits per heavy atom. The Kier molecular flexibility index (Phi) is 3.06. The van der Waals surface area contributed by atoms with Crippen molar-refractivity contribution in [3.63, 3.8) is 0 Å². The largest absolute Gasteiger partial charge is 0.431 e. The maximum atomic E-state index is 12.8. The molecule has 0 heterocycles. The third-order valence-electron chi connectivity index (χ3n) is 1.37. The van der Waals surface area contributed by atoms with Gasteiger partial charge in [0.05, 0.1) is 5.56 Å². The summed E-state index contributed by atoms with van der Waals surface area (Å²) in [6, 6.07) is 0.957. The van der Waals surface area contributed by atoms with E-state index in [1.165, 1.54) is 0 Å². The smallest absolute Gasteiger partial charge is 0.387 e. The summed E-state index contributed by atoms with van der Waals surface area (Å²) in [4.78, 5) is 10.3. The molecule has 0 aromatic heterocycles. The molecule has 0 fully saturated rings. The number of carbonyl (C=O) groups is 1. The molecule has 0 aliphatic heterocycles. The maximum absolute atomic E-state index is 12.8. The van der Waals surface area contributed by atoms with Crippen LogP contribution in [0.5, 0.6) is 5.75 Å². The van der Waals surface area contributed by atoms with Crippen LogP contribution in [0.25, 0.3) is 0 Å². The average molecular weight is 208 g/mol. The number of hydrogen-bond donors (Lipinski definition) is 0. The third kappa shape index (κ3) is 2.21. The molecule has 1 rings (SSSR count). The molecule has 0 saturated heterocycles. The van der Waals surface area contributed by atoms with Crippen LogP contribution in [-0.2, 0) is 0 Å². The molecule has 1 aromatic rings. The lowest BCUT2D eigenvalue weighted by molar-refractivity contribution is -0.0524. The van der Waals surface area contributed by atoms with Crippen LogP contribution in [0.2, 0.25) is 0 Å². The normalized spacial score (nSPS) is 10.4. The van der Waals surface area contributed by atoms with Gasteiger partial charge in [0.1, 0.15) is 5.82 Å². The Bertz CT molecular complexity index is 351. The van der Waals surface area contributed by atoms with Crippen LogP contribution in [0, 0.1) is 11.6 Å². The first-order valence-electron chi connectivity index (χ1n) is 3.43. The fraction of sp³-hybridized carbons (Fsp3) is 0.125. The number of benzene rings is 1. The molecule has 76 valence electrons. The van der Waals surface area contributed by atoms with Gasteiger partial charge in [0.25, 0.3) is 0 Å². The molecule has 14 heavy (non-hydrogen) atoms. The first kappa shape index (κ1) is 10.5.